The van der Waals surface area contributed by atoms with Crippen LogP contribution in [0.3, 0.4) is 0 Å². The van der Waals surface area contributed by atoms with E-state index < -0.39 is 24.2 Å². The first kappa shape index (κ1) is 27.9. The number of hydrogen-bond acceptors (Lipinski definition) is 6. The van der Waals surface area contributed by atoms with E-state index in [0.29, 0.717) is 24.6 Å². The number of H-pyrrole nitrogens is 1. The third-order valence-electron chi connectivity index (χ3n) is 6.51. The van der Waals surface area contributed by atoms with Gasteiger partial charge in [-0.2, -0.15) is 5.10 Å². The SMILES string of the molecule is CC(C)(C)[C@H](CCCC[C@H](OC(N)=O)[C@@H](O)C(=O)Nc1ccn[nH]1)Cn1cnc(Cc2ccccc2)c1. The number of nitrogens with two attached hydrogens (primary N) is 1. The Morgan fingerprint density at radius 2 is 1.89 bits per heavy atom. The molecule has 2 heterocycles. The van der Waals surface area contributed by atoms with E-state index in [1.807, 2.05) is 24.5 Å². The number of carbonyl (C=O) groups is 2. The Bertz CT molecular complexity index is 1110. The van der Waals surface area contributed by atoms with Crippen LogP contribution in [0.5, 0.6) is 0 Å². The number of benzene rings is 1. The molecule has 0 unspecified atom stereocenters. The average molecular weight is 511 g/mol. The molecule has 2 amide bonds. The van der Waals surface area contributed by atoms with Crippen LogP contribution in [0.15, 0.2) is 55.1 Å². The van der Waals surface area contributed by atoms with Crippen LogP contribution in [0.2, 0.25) is 0 Å². The fraction of sp³-hybridized carbons (Fsp3) is 0.481. The Morgan fingerprint density at radius 3 is 2.54 bits per heavy atom. The van der Waals surface area contributed by atoms with Crippen molar-refractivity contribution in [2.24, 2.45) is 17.1 Å². The number of unbranched alkanes of at least 4 members (excludes halogenated alkanes) is 1. The summed E-state index contributed by atoms with van der Waals surface area (Å²) in [7, 11) is 0. The summed E-state index contributed by atoms with van der Waals surface area (Å²) in [6, 6.07) is 11.8. The van der Waals surface area contributed by atoms with Crippen molar-refractivity contribution in [1.82, 2.24) is 19.7 Å². The minimum atomic E-state index is -1.55. The maximum absolute atomic E-state index is 12.4. The van der Waals surface area contributed by atoms with E-state index in [1.54, 1.807) is 6.07 Å². The van der Waals surface area contributed by atoms with Gasteiger partial charge in [-0.15, -0.1) is 0 Å². The summed E-state index contributed by atoms with van der Waals surface area (Å²) in [4.78, 5) is 28.3. The fourth-order valence-corrected chi connectivity index (χ4v) is 4.32. The maximum atomic E-state index is 12.4. The number of nitrogens with zero attached hydrogens (tertiary/aromatic N) is 3. The van der Waals surface area contributed by atoms with Gasteiger partial charge in [0.25, 0.3) is 5.91 Å². The van der Waals surface area contributed by atoms with Gasteiger partial charge in [0, 0.05) is 25.2 Å². The van der Waals surface area contributed by atoms with Crippen molar-refractivity contribution < 1.29 is 19.4 Å². The number of ether oxygens (including phenoxy) is 1. The van der Waals surface area contributed by atoms with E-state index in [2.05, 4.69) is 64.2 Å². The van der Waals surface area contributed by atoms with Crippen molar-refractivity contribution in [2.45, 2.75) is 71.6 Å². The molecule has 3 rings (SSSR count). The second-order valence-corrected chi connectivity index (χ2v) is 10.5. The van der Waals surface area contributed by atoms with E-state index in [0.717, 1.165) is 31.5 Å². The summed E-state index contributed by atoms with van der Waals surface area (Å²) < 4.78 is 7.21. The van der Waals surface area contributed by atoms with Gasteiger partial charge in [-0.1, -0.05) is 57.5 Å². The van der Waals surface area contributed by atoms with Crippen LogP contribution in [0, 0.1) is 11.3 Å². The molecule has 3 atom stereocenters. The molecule has 5 N–H and O–H groups in total. The molecule has 0 aliphatic carbocycles. The highest BCUT2D eigenvalue weighted by Gasteiger charge is 2.30. The lowest BCUT2D eigenvalue weighted by molar-refractivity contribution is -0.130. The highest BCUT2D eigenvalue weighted by Crippen LogP contribution is 2.32. The highest BCUT2D eigenvalue weighted by molar-refractivity contribution is 5.93. The summed E-state index contributed by atoms with van der Waals surface area (Å²) in [5, 5.41) is 19.3. The molecule has 37 heavy (non-hydrogen) atoms. The van der Waals surface area contributed by atoms with Crippen molar-refractivity contribution in [3.63, 3.8) is 0 Å². The molecule has 2 aromatic heterocycles. The molecule has 10 nitrogen and oxygen atoms in total. The monoisotopic (exact) mass is 510 g/mol. The number of aromatic nitrogens is 4. The number of amides is 2. The summed E-state index contributed by atoms with van der Waals surface area (Å²) >= 11 is 0. The van der Waals surface area contributed by atoms with Gasteiger partial charge in [0.1, 0.15) is 11.9 Å². The third-order valence-corrected chi connectivity index (χ3v) is 6.51. The summed E-state index contributed by atoms with van der Waals surface area (Å²) in [6.07, 6.45) is 5.37. The minimum absolute atomic E-state index is 0.0659. The van der Waals surface area contributed by atoms with Crippen LogP contribution < -0.4 is 11.1 Å². The van der Waals surface area contributed by atoms with Crippen LogP contribution in [-0.4, -0.2) is 49.1 Å². The Labute approximate surface area is 217 Å². The number of carbonyl (C=O) groups excluding carboxylic acids is 2. The smallest absolute Gasteiger partial charge is 0.404 e. The van der Waals surface area contributed by atoms with E-state index in [9.17, 15) is 14.7 Å². The van der Waals surface area contributed by atoms with Crippen LogP contribution in [0.1, 0.15) is 57.7 Å². The second-order valence-electron chi connectivity index (χ2n) is 10.5. The number of hydrogen-bond donors (Lipinski definition) is 4. The number of nitrogens with one attached hydrogen (secondary N) is 2. The van der Waals surface area contributed by atoms with Crippen LogP contribution in [0.4, 0.5) is 10.6 Å². The molecule has 0 bridgehead atoms. The number of anilines is 1. The van der Waals surface area contributed by atoms with Gasteiger partial charge >= 0.3 is 6.09 Å². The van der Waals surface area contributed by atoms with E-state index in [1.165, 1.54) is 11.8 Å². The Hall–Kier alpha value is -3.66. The topological polar surface area (TPSA) is 148 Å². The standard InChI is InChI=1S/C27H38N6O4/c1-27(2,3)20(16-33-17-21(29-18-33)15-19-9-5-4-6-10-19)11-7-8-12-22(37-26(28)36)24(34)25(35)31-23-13-14-30-32-23/h4-6,9-10,13-14,17-18,20,22,24,34H,7-8,11-12,15-16H2,1-3H3,(H2,28,36)(H2,30,31,32,35)/t20-,22+,24-/m1/s1. The predicted octanol–water partition coefficient (Wildman–Crippen LogP) is 3.88. The molecular weight excluding hydrogens is 472 g/mol. The molecule has 0 saturated carbocycles. The molecule has 0 spiro atoms. The fourth-order valence-electron chi connectivity index (χ4n) is 4.32. The summed E-state index contributed by atoms with van der Waals surface area (Å²) in [5.41, 5.74) is 7.52. The second kappa shape index (κ2) is 13.0. The van der Waals surface area contributed by atoms with Crippen molar-refractivity contribution in [3.8, 4) is 0 Å². The van der Waals surface area contributed by atoms with Crippen molar-refractivity contribution >= 4 is 17.8 Å². The Kier molecular flexibility index (Phi) is 9.85. The molecule has 1 aromatic carbocycles. The van der Waals surface area contributed by atoms with Gasteiger partial charge in [-0.3, -0.25) is 9.89 Å². The van der Waals surface area contributed by atoms with Gasteiger partial charge in [-0.05, 0) is 36.2 Å². The highest BCUT2D eigenvalue weighted by atomic mass is 16.6. The summed E-state index contributed by atoms with van der Waals surface area (Å²) in [6.45, 7) is 7.51. The third kappa shape index (κ3) is 9.05. The zero-order valence-electron chi connectivity index (χ0n) is 21.8. The molecule has 10 heteroatoms. The van der Waals surface area contributed by atoms with Crippen LogP contribution in [-0.2, 0) is 22.5 Å². The van der Waals surface area contributed by atoms with Crippen LogP contribution >= 0.6 is 0 Å². The number of aromatic amines is 1. The lowest BCUT2D eigenvalue weighted by Gasteiger charge is -2.31. The van der Waals surface area contributed by atoms with E-state index >= 15 is 0 Å². The summed E-state index contributed by atoms with van der Waals surface area (Å²) in [5.74, 6) is 0.00573. The number of primary amides is 1. The van der Waals surface area contributed by atoms with Crippen LogP contribution in [0.25, 0.3) is 0 Å². The number of rotatable bonds is 13. The molecule has 0 radical (unpaired) electrons. The predicted molar refractivity (Wildman–Crippen MR) is 141 cm³/mol. The average Bonchev–Trinajstić information content (AvgIpc) is 3.51. The van der Waals surface area contributed by atoms with Gasteiger partial charge < -0.3 is 25.5 Å². The largest absolute Gasteiger partial charge is 0.443 e. The minimum Gasteiger partial charge on any atom is -0.443 e. The van der Waals surface area contributed by atoms with Gasteiger partial charge in [-0.25, -0.2) is 9.78 Å². The lowest BCUT2D eigenvalue weighted by atomic mass is 9.77. The molecule has 200 valence electrons. The lowest BCUT2D eigenvalue weighted by Crippen LogP contribution is -2.41. The van der Waals surface area contributed by atoms with Crippen molar-refractivity contribution in [1.29, 1.82) is 0 Å². The normalized spacial score (nSPS) is 14.1. The quantitative estimate of drug-likeness (QED) is 0.256. The number of aliphatic hydroxyl groups is 1. The zero-order valence-corrected chi connectivity index (χ0v) is 21.8. The maximum Gasteiger partial charge on any atom is 0.404 e. The first-order chi connectivity index (χ1) is 17.6. The first-order valence-corrected chi connectivity index (χ1v) is 12.6. The molecule has 0 aliphatic rings. The molecule has 0 saturated heterocycles. The van der Waals surface area contributed by atoms with E-state index in [-0.39, 0.29) is 5.41 Å². The Morgan fingerprint density at radius 1 is 1.16 bits per heavy atom. The number of aliphatic hydroxyl groups excluding tert-OH is 1. The number of imidazole rings is 1. The van der Waals surface area contributed by atoms with Gasteiger partial charge in [0.05, 0.1) is 18.2 Å². The Balaban J connectivity index is 1.52. The molecule has 0 aliphatic heterocycles. The van der Waals surface area contributed by atoms with Gasteiger partial charge in [0.2, 0.25) is 0 Å². The van der Waals surface area contributed by atoms with Gasteiger partial charge in [0.15, 0.2) is 6.10 Å². The van der Waals surface area contributed by atoms with Crippen molar-refractivity contribution in [2.75, 3.05) is 5.32 Å². The zero-order chi connectivity index (χ0) is 26.8. The first-order valence-electron chi connectivity index (χ1n) is 12.6. The molecular formula is C27H38N6O4. The van der Waals surface area contributed by atoms with E-state index in [4.69, 9.17) is 10.5 Å². The molecule has 0 fully saturated rings. The van der Waals surface area contributed by atoms with Crippen molar-refractivity contribution in [3.05, 3.63) is 66.4 Å². The molecule has 3 aromatic rings.